The summed E-state index contributed by atoms with van der Waals surface area (Å²) in [5.41, 5.74) is 1.50. The molecule has 0 aliphatic rings. The number of aromatic amines is 2. The molecule has 1 atom stereocenters. The van der Waals surface area contributed by atoms with Gasteiger partial charge in [-0.15, -0.1) is 0 Å². The fourth-order valence-corrected chi connectivity index (χ4v) is 2.16. The SMILES string of the molecule is O=c1[nH]nc(C(O)CNc2ccc(OCc3ccccc3)cc2)[nH]1. The number of H-pyrrole nitrogens is 2. The number of rotatable bonds is 7. The Morgan fingerprint density at radius 2 is 1.88 bits per heavy atom. The van der Waals surface area contributed by atoms with Crippen LogP contribution in [0.2, 0.25) is 0 Å². The maximum atomic E-state index is 11.0. The van der Waals surface area contributed by atoms with Crippen molar-refractivity contribution in [2.24, 2.45) is 0 Å². The van der Waals surface area contributed by atoms with Crippen molar-refractivity contribution in [2.45, 2.75) is 12.7 Å². The minimum atomic E-state index is -0.905. The van der Waals surface area contributed by atoms with Crippen molar-refractivity contribution in [3.8, 4) is 5.75 Å². The molecule has 1 heterocycles. The molecular formula is C17H18N4O3. The maximum Gasteiger partial charge on any atom is 0.340 e. The predicted octanol–water partition coefficient (Wildman–Crippen LogP) is 1.82. The number of hydrogen-bond donors (Lipinski definition) is 4. The minimum Gasteiger partial charge on any atom is -0.489 e. The van der Waals surface area contributed by atoms with Crippen LogP contribution >= 0.6 is 0 Å². The molecule has 0 radical (unpaired) electrons. The molecule has 7 nitrogen and oxygen atoms in total. The monoisotopic (exact) mass is 326 g/mol. The number of nitrogens with zero attached hydrogens (tertiary/aromatic N) is 1. The van der Waals surface area contributed by atoms with Crippen molar-refractivity contribution in [3.05, 3.63) is 76.5 Å². The van der Waals surface area contributed by atoms with Crippen LogP contribution in [0.1, 0.15) is 17.5 Å². The Bertz CT molecular complexity index is 812. The zero-order valence-corrected chi connectivity index (χ0v) is 12.9. The van der Waals surface area contributed by atoms with Crippen LogP contribution in [-0.2, 0) is 6.61 Å². The molecule has 0 fully saturated rings. The maximum absolute atomic E-state index is 11.0. The Hall–Kier alpha value is -3.06. The third-order valence-electron chi connectivity index (χ3n) is 3.44. The van der Waals surface area contributed by atoms with Crippen molar-refractivity contribution in [1.82, 2.24) is 15.2 Å². The van der Waals surface area contributed by atoms with Gasteiger partial charge in [-0.2, -0.15) is 5.10 Å². The van der Waals surface area contributed by atoms with Crippen molar-refractivity contribution >= 4 is 5.69 Å². The Morgan fingerprint density at radius 1 is 1.12 bits per heavy atom. The lowest BCUT2D eigenvalue weighted by Gasteiger charge is -2.11. The molecule has 0 bridgehead atoms. The summed E-state index contributed by atoms with van der Waals surface area (Å²) in [4.78, 5) is 13.4. The highest BCUT2D eigenvalue weighted by Crippen LogP contribution is 2.18. The van der Waals surface area contributed by atoms with Gasteiger partial charge in [0.2, 0.25) is 0 Å². The third-order valence-corrected chi connectivity index (χ3v) is 3.44. The molecule has 3 rings (SSSR count). The van der Waals surface area contributed by atoms with E-state index in [0.717, 1.165) is 17.0 Å². The van der Waals surface area contributed by atoms with Gasteiger partial charge < -0.3 is 15.2 Å². The third kappa shape index (κ3) is 4.23. The molecule has 24 heavy (non-hydrogen) atoms. The first-order valence-electron chi connectivity index (χ1n) is 7.54. The second-order valence-corrected chi connectivity index (χ2v) is 5.26. The molecule has 0 aliphatic carbocycles. The standard InChI is InChI=1S/C17H18N4O3/c22-15(16-19-17(23)21-20-16)10-18-13-6-8-14(9-7-13)24-11-12-4-2-1-3-5-12/h1-9,15,18,22H,10-11H2,(H2,19,20,21,23). The van der Waals surface area contributed by atoms with Crippen LogP contribution in [0.3, 0.4) is 0 Å². The Kier molecular flexibility index (Phi) is 4.93. The smallest absolute Gasteiger partial charge is 0.340 e. The molecule has 4 N–H and O–H groups in total. The summed E-state index contributed by atoms with van der Waals surface area (Å²) in [5.74, 6) is 0.969. The predicted molar refractivity (Wildman–Crippen MR) is 89.9 cm³/mol. The zero-order valence-electron chi connectivity index (χ0n) is 12.9. The minimum absolute atomic E-state index is 0.204. The summed E-state index contributed by atoms with van der Waals surface area (Å²) in [6, 6.07) is 17.4. The van der Waals surface area contributed by atoms with Gasteiger partial charge in [0.15, 0.2) is 5.82 Å². The molecule has 1 aromatic heterocycles. The largest absolute Gasteiger partial charge is 0.489 e. The van der Waals surface area contributed by atoms with Gasteiger partial charge in [0, 0.05) is 12.2 Å². The van der Waals surface area contributed by atoms with Crippen LogP contribution < -0.4 is 15.7 Å². The van der Waals surface area contributed by atoms with E-state index in [9.17, 15) is 9.90 Å². The zero-order chi connectivity index (χ0) is 16.8. The Balaban J connectivity index is 1.50. The molecule has 0 saturated carbocycles. The number of aliphatic hydroxyl groups excluding tert-OH is 1. The van der Waals surface area contributed by atoms with Gasteiger partial charge >= 0.3 is 5.69 Å². The van der Waals surface area contributed by atoms with Crippen LogP contribution in [0.25, 0.3) is 0 Å². The number of nitrogens with one attached hydrogen (secondary N) is 3. The topological polar surface area (TPSA) is 103 Å². The molecule has 1 unspecified atom stereocenters. The average molecular weight is 326 g/mol. The first kappa shape index (κ1) is 15.8. The summed E-state index contributed by atoms with van der Waals surface area (Å²) in [6.45, 7) is 0.740. The lowest BCUT2D eigenvalue weighted by Crippen LogP contribution is -2.14. The van der Waals surface area contributed by atoms with Gasteiger partial charge in [0.25, 0.3) is 0 Å². The summed E-state index contributed by atoms with van der Waals surface area (Å²) in [5, 5.41) is 18.9. The van der Waals surface area contributed by atoms with Crippen LogP contribution in [0, 0.1) is 0 Å². The fraction of sp³-hybridized carbons (Fsp3) is 0.176. The van der Waals surface area contributed by atoms with Gasteiger partial charge in [-0.05, 0) is 29.8 Å². The molecule has 124 valence electrons. The molecule has 2 aromatic carbocycles. The number of aliphatic hydroxyl groups is 1. The summed E-state index contributed by atoms with van der Waals surface area (Å²) < 4.78 is 5.71. The summed E-state index contributed by atoms with van der Waals surface area (Å²) in [6.07, 6.45) is -0.905. The van der Waals surface area contributed by atoms with Crippen molar-refractivity contribution in [3.63, 3.8) is 0 Å². The molecule has 0 amide bonds. The second-order valence-electron chi connectivity index (χ2n) is 5.26. The molecule has 7 heteroatoms. The van der Waals surface area contributed by atoms with E-state index in [-0.39, 0.29) is 12.4 Å². The molecular weight excluding hydrogens is 308 g/mol. The van der Waals surface area contributed by atoms with Gasteiger partial charge in [-0.3, -0.25) is 4.98 Å². The van der Waals surface area contributed by atoms with E-state index in [1.54, 1.807) is 0 Å². The highest BCUT2D eigenvalue weighted by Gasteiger charge is 2.11. The number of ether oxygens (including phenoxy) is 1. The van der Waals surface area contributed by atoms with Crippen molar-refractivity contribution < 1.29 is 9.84 Å². The van der Waals surface area contributed by atoms with Gasteiger partial charge in [-0.25, -0.2) is 9.89 Å². The first-order chi connectivity index (χ1) is 11.7. The number of aromatic nitrogens is 3. The summed E-state index contributed by atoms with van der Waals surface area (Å²) in [7, 11) is 0. The molecule has 0 spiro atoms. The normalized spacial score (nSPS) is 11.9. The summed E-state index contributed by atoms with van der Waals surface area (Å²) >= 11 is 0. The Morgan fingerprint density at radius 3 is 2.54 bits per heavy atom. The van der Waals surface area contributed by atoms with Gasteiger partial charge in [0.1, 0.15) is 18.5 Å². The second kappa shape index (κ2) is 7.47. The molecule has 3 aromatic rings. The highest BCUT2D eigenvalue weighted by molar-refractivity contribution is 5.46. The number of benzene rings is 2. The van der Waals surface area contributed by atoms with E-state index in [4.69, 9.17) is 4.74 Å². The van der Waals surface area contributed by atoms with Crippen LogP contribution in [-0.4, -0.2) is 26.8 Å². The number of hydrogen-bond acceptors (Lipinski definition) is 5. The average Bonchev–Trinajstić information content (AvgIpc) is 3.06. The highest BCUT2D eigenvalue weighted by atomic mass is 16.5. The van der Waals surface area contributed by atoms with E-state index in [0.29, 0.717) is 6.61 Å². The van der Waals surface area contributed by atoms with Crippen LogP contribution in [0.15, 0.2) is 59.4 Å². The van der Waals surface area contributed by atoms with E-state index in [1.807, 2.05) is 54.6 Å². The lowest BCUT2D eigenvalue weighted by molar-refractivity contribution is 0.182. The van der Waals surface area contributed by atoms with E-state index < -0.39 is 11.8 Å². The van der Waals surface area contributed by atoms with Gasteiger partial charge in [0.05, 0.1) is 0 Å². The first-order valence-corrected chi connectivity index (χ1v) is 7.54. The fourth-order valence-electron chi connectivity index (χ4n) is 2.16. The Labute approximate surface area is 138 Å². The van der Waals surface area contributed by atoms with Gasteiger partial charge in [-0.1, -0.05) is 30.3 Å². The van der Waals surface area contributed by atoms with E-state index in [2.05, 4.69) is 20.5 Å². The van der Waals surface area contributed by atoms with E-state index >= 15 is 0 Å². The van der Waals surface area contributed by atoms with Crippen molar-refractivity contribution in [2.75, 3.05) is 11.9 Å². The number of anilines is 1. The lowest BCUT2D eigenvalue weighted by atomic mass is 10.2. The molecule has 0 saturated heterocycles. The van der Waals surface area contributed by atoms with Crippen molar-refractivity contribution in [1.29, 1.82) is 0 Å². The van der Waals surface area contributed by atoms with E-state index in [1.165, 1.54) is 0 Å². The molecule has 0 aliphatic heterocycles. The quantitative estimate of drug-likeness (QED) is 0.530. The van der Waals surface area contributed by atoms with Crippen LogP contribution in [0.4, 0.5) is 5.69 Å². The van der Waals surface area contributed by atoms with Crippen LogP contribution in [0.5, 0.6) is 5.75 Å².